The molecule has 0 aliphatic heterocycles. The predicted molar refractivity (Wildman–Crippen MR) is 99.8 cm³/mol. The molecule has 2 N–H and O–H groups in total. The van der Waals surface area contributed by atoms with Gasteiger partial charge in [-0.1, -0.05) is 40.6 Å². The second-order valence-electron chi connectivity index (χ2n) is 4.52. The lowest BCUT2D eigenvalue weighted by atomic mass is 10.2. The molecule has 2 aromatic carbocycles. The van der Waals surface area contributed by atoms with Crippen LogP contribution in [0, 0.1) is 0 Å². The van der Waals surface area contributed by atoms with E-state index in [0.717, 1.165) is 4.70 Å². The highest BCUT2D eigenvalue weighted by Gasteiger charge is 2.11. The molecule has 1 amide bonds. The smallest absolute Gasteiger partial charge is 0.257 e. The number of thiazole rings is 1. The topological polar surface area (TPSA) is 54.0 Å². The van der Waals surface area contributed by atoms with Crippen LogP contribution >= 0.6 is 46.8 Å². The number of carbonyl (C=O) groups excluding carboxylic acids is 1. The Bertz CT molecular complexity index is 893. The van der Waals surface area contributed by atoms with Gasteiger partial charge < -0.3 is 5.32 Å². The van der Waals surface area contributed by atoms with E-state index in [1.807, 2.05) is 12.1 Å². The monoisotopic (exact) mass is 381 g/mol. The number of nitrogens with zero attached hydrogens (tertiary/aromatic N) is 1. The van der Waals surface area contributed by atoms with Crippen molar-refractivity contribution in [3.05, 3.63) is 58.1 Å². The second kappa shape index (κ2) is 6.80. The summed E-state index contributed by atoms with van der Waals surface area (Å²) < 4.78 is 0.937. The maximum atomic E-state index is 12.1. The maximum Gasteiger partial charge on any atom is 0.257 e. The van der Waals surface area contributed by atoms with Gasteiger partial charge in [-0.3, -0.25) is 10.1 Å². The normalized spacial score (nSPS) is 10.5. The number of thiocarbonyl (C=S) groups is 1. The Morgan fingerprint density at radius 3 is 2.57 bits per heavy atom. The molecule has 0 saturated carbocycles. The minimum atomic E-state index is -0.321. The lowest BCUT2D eigenvalue weighted by molar-refractivity contribution is 0.0978. The molecular weight excluding hydrogens is 373 g/mol. The minimum absolute atomic E-state index is 0.167. The van der Waals surface area contributed by atoms with Gasteiger partial charge >= 0.3 is 0 Å². The van der Waals surface area contributed by atoms with Gasteiger partial charge in [0.15, 0.2) is 10.2 Å². The molecule has 23 heavy (non-hydrogen) atoms. The van der Waals surface area contributed by atoms with Gasteiger partial charge in [-0.15, -0.1) is 0 Å². The number of anilines is 1. The van der Waals surface area contributed by atoms with Crippen molar-refractivity contribution in [2.75, 3.05) is 5.32 Å². The summed E-state index contributed by atoms with van der Waals surface area (Å²) in [5.74, 6) is -0.321. The van der Waals surface area contributed by atoms with Crippen LogP contribution in [0.25, 0.3) is 10.2 Å². The number of aromatic nitrogens is 1. The number of nitrogens with one attached hydrogen (secondary N) is 2. The van der Waals surface area contributed by atoms with Crippen LogP contribution in [0.3, 0.4) is 0 Å². The molecule has 0 fully saturated rings. The fraction of sp³-hybridized carbons (Fsp3) is 0. The quantitative estimate of drug-likeness (QED) is 0.630. The Morgan fingerprint density at radius 2 is 1.87 bits per heavy atom. The van der Waals surface area contributed by atoms with Crippen molar-refractivity contribution in [2.24, 2.45) is 0 Å². The zero-order valence-corrected chi connectivity index (χ0v) is 14.6. The lowest BCUT2D eigenvalue weighted by Gasteiger charge is -2.07. The largest absolute Gasteiger partial charge is 0.308 e. The van der Waals surface area contributed by atoms with Crippen molar-refractivity contribution in [1.29, 1.82) is 0 Å². The molecule has 0 aliphatic carbocycles. The molecule has 116 valence electrons. The Balaban J connectivity index is 1.69. The first kappa shape index (κ1) is 16.1. The highest BCUT2D eigenvalue weighted by atomic mass is 35.5. The van der Waals surface area contributed by atoms with E-state index in [1.165, 1.54) is 11.3 Å². The van der Waals surface area contributed by atoms with Crippen LogP contribution in [0.2, 0.25) is 10.0 Å². The number of amides is 1. The van der Waals surface area contributed by atoms with Gasteiger partial charge in [-0.25, -0.2) is 4.98 Å². The molecule has 0 bridgehead atoms. The molecule has 0 spiro atoms. The number of halogens is 2. The molecule has 1 aromatic heterocycles. The van der Waals surface area contributed by atoms with Crippen molar-refractivity contribution in [3.63, 3.8) is 0 Å². The van der Waals surface area contributed by atoms with E-state index in [-0.39, 0.29) is 11.0 Å². The average Bonchev–Trinajstić information content (AvgIpc) is 2.91. The second-order valence-corrected chi connectivity index (χ2v) is 6.80. The maximum absolute atomic E-state index is 12.1. The summed E-state index contributed by atoms with van der Waals surface area (Å²) >= 11 is 18.4. The van der Waals surface area contributed by atoms with E-state index >= 15 is 0 Å². The Hall–Kier alpha value is -1.73. The molecule has 0 atom stereocenters. The van der Waals surface area contributed by atoms with Crippen LogP contribution in [0.5, 0.6) is 0 Å². The highest BCUT2D eigenvalue weighted by molar-refractivity contribution is 7.80. The number of fused-ring (bicyclic) bond motifs is 1. The minimum Gasteiger partial charge on any atom is -0.308 e. The molecule has 4 nitrogen and oxygen atoms in total. The van der Waals surface area contributed by atoms with Gasteiger partial charge in [0.1, 0.15) is 5.52 Å². The molecule has 0 aliphatic rings. The zero-order chi connectivity index (χ0) is 16.4. The summed E-state index contributed by atoms with van der Waals surface area (Å²) in [5.41, 5.74) is 1.17. The molecule has 3 aromatic rings. The first-order chi connectivity index (χ1) is 11.0. The van der Waals surface area contributed by atoms with E-state index in [4.69, 9.17) is 35.4 Å². The molecule has 0 radical (unpaired) electrons. The molecule has 1 heterocycles. The number of hydrogen-bond donors (Lipinski definition) is 2. The Labute approximate surface area is 151 Å². The summed E-state index contributed by atoms with van der Waals surface area (Å²) in [6.45, 7) is 0. The van der Waals surface area contributed by atoms with Crippen LogP contribution in [0.15, 0.2) is 42.5 Å². The Morgan fingerprint density at radius 1 is 1.13 bits per heavy atom. The van der Waals surface area contributed by atoms with E-state index in [1.54, 1.807) is 30.3 Å². The SMILES string of the molecule is O=C(NC(=S)Nc1nc2c(Cl)cccc2s1)c1ccc(Cl)cc1. The van der Waals surface area contributed by atoms with Gasteiger partial charge in [0.25, 0.3) is 5.91 Å². The first-order valence-electron chi connectivity index (χ1n) is 6.46. The van der Waals surface area contributed by atoms with Gasteiger partial charge in [-0.2, -0.15) is 0 Å². The third kappa shape index (κ3) is 3.79. The fourth-order valence-corrected chi connectivity index (χ4v) is 3.42. The summed E-state index contributed by atoms with van der Waals surface area (Å²) in [6.07, 6.45) is 0. The molecule has 8 heteroatoms. The average molecular weight is 382 g/mol. The third-order valence-electron chi connectivity index (χ3n) is 2.92. The van der Waals surface area contributed by atoms with Crippen molar-refractivity contribution < 1.29 is 4.79 Å². The molecule has 3 rings (SSSR count). The van der Waals surface area contributed by atoms with Crippen molar-refractivity contribution in [1.82, 2.24) is 10.3 Å². The summed E-state index contributed by atoms with van der Waals surface area (Å²) in [6, 6.07) is 12.1. The highest BCUT2D eigenvalue weighted by Crippen LogP contribution is 2.30. The Kier molecular flexibility index (Phi) is 4.77. The van der Waals surface area contributed by atoms with Gasteiger partial charge in [-0.05, 0) is 48.6 Å². The fourth-order valence-electron chi connectivity index (χ4n) is 1.87. The van der Waals surface area contributed by atoms with Crippen molar-refractivity contribution >= 4 is 73.1 Å². The molecule has 0 unspecified atom stereocenters. The van der Waals surface area contributed by atoms with Gasteiger partial charge in [0, 0.05) is 10.6 Å². The summed E-state index contributed by atoms with van der Waals surface area (Å²) in [7, 11) is 0. The van der Waals surface area contributed by atoms with Crippen LogP contribution in [-0.4, -0.2) is 16.0 Å². The number of hydrogen-bond acceptors (Lipinski definition) is 4. The van der Waals surface area contributed by atoms with Crippen LogP contribution < -0.4 is 10.6 Å². The molecule has 0 saturated heterocycles. The van der Waals surface area contributed by atoms with Crippen LogP contribution in [0.4, 0.5) is 5.13 Å². The van der Waals surface area contributed by atoms with E-state index in [2.05, 4.69) is 15.6 Å². The van der Waals surface area contributed by atoms with Gasteiger partial charge in [0.2, 0.25) is 0 Å². The summed E-state index contributed by atoms with van der Waals surface area (Å²) in [5, 5.41) is 7.35. The van der Waals surface area contributed by atoms with E-state index in [0.29, 0.717) is 26.3 Å². The van der Waals surface area contributed by atoms with Gasteiger partial charge in [0.05, 0.1) is 9.72 Å². The predicted octanol–water partition coefficient (Wildman–Crippen LogP) is 4.73. The number of rotatable bonds is 2. The van der Waals surface area contributed by atoms with E-state index < -0.39 is 0 Å². The zero-order valence-electron chi connectivity index (χ0n) is 11.5. The van der Waals surface area contributed by atoms with Crippen LogP contribution in [0.1, 0.15) is 10.4 Å². The third-order valence-corrected chi connectivity index (χ3v) is 4.62. The van der Waals surface area contributed by atoms with Crippen molar-refractivity contribution in [3.8, 4) is 0 Å². The standard InChI is InChI=1S/C15H9Cl2N3OS2/c16-9-6-4-8(5-7-9)13(21)19-14(22)20-15-18-12-10(17)2-1-3-11(12)23-15/h1-7H,(H2,18,19,20,21,22). The van der Waals surface area contributed by atoms with Crippen LogP contribution in [-0.2, 0) is 0 Å². The first-order valence-corrected chi connectivity index (χ1v) is 8.44. The number of para-hydroxylation sites is 1. The van der Waals surface area contributed by atoms with Crippen molar-refractivity contribution in [2.45, 2.75) is 0 Å². The number of benzene rings is 2. The lowest BCUT2D eigenvalue weighted by Crippen LogP contribution is -2.34. The number of carbonyl (C=O) groups is 1. The molecular formula is C15H9Cl2N3OS2. The van der Waals surface area contributed by atoms with E-state index in [9.17, 15) is 4.79 Å². The summed E-state index contributed by atoms with van der Waals surface area (Å²) in [4.78, 5) is 16.4.